The number of nitrogens with zero attached hydrogens (tertiary/aromatic N) is 2. The first-order chi connectivity index (χ1) is 12.8. The second kappa shape index (κ2) is 7.95. The van der Waals surface area contributed by atoms with E-state index in [4.69, 9.17) is 0 Å². The van der Waals surface area contributed by atoms with Crippen molar-refractivity contribution in [3.63, 3.8) is 0 Å². The molecule has 1 N–H and O–H groups in total. The molecule has 2 saturated heterocycles. The lowest BCUT2D eigenvalue weighted by atomic mass is 10.2. The molecule has 27 heavy (non-hydrogen) atoms. The second-order valence-electron chi connectivity index (χ2n) is 6.21. The number of carbonyl (C=O) groups is 3. The largest absolute Gasteiger partial charge is 0.340 e. The summed E-state index contributed by atoms with van der Waals surface area (Å²) in [5, 5.41) is -0.290. The molecule has 0 aliphatic carbocycles. The number of hydrogen-bond acceptors (Lipinski definition) is 6. The smallest absolute Gasteiger partial charge is 0.289 e. The van der Waals surface area contributed by atoms with Gasteiger partial charge in [-0.2, -0.15) is 0 Å². The Bertz CT molecular complexity index is 861. The van der Waals surface area contributed by atoms with Crippen LogP contribution in [0.2, 0.25) is 0 Å². The first kappa shape index (κ1) is 19.8. The van der Waals surface area contributed by atoms with Crippen molar-refractivity contribution >= 4 is 38.8 Å². The van der Waals surface area contributed by atoms with Gasteiger partial charge in [-0.1, -0.05) is 17.8 Å². The van der Waals surface area contributed by atoms with Gasteiger partial charge in [0.05, 0.1) is 16.7 Å². The molecular formula is C16H18FN3O5S2. The van der Waals surface area contributed by atoms with Crippen LogP contribution in [0.25, 0.3) is 0 Å². The van der Waals surface area contributed by atoms with Crippen molar-refractivity contribution in [1.82, 2.24) is 14.5 Å². The van der Waals surface area contributed by atoms with Crippen molar-refractivity contribution < 1.29 is 27.2 Å². The standard InChI is InChI=1S/C16H18FN3O5S2/c17-11-2-1-3-13(8-11)27(24,25)18-6-4-14(21)19-7-5-12(9-19)20-15(22)10-26-16(20)23/h1-3,8,12,18H,4-7,9-10H2/t12-/m0/s1. The van der Waals surface area contributed by atoms with E-state index in [1.54, 1.807) is 0 Å². The van der Waals surface area contributed by atoms with Gasteiger partial charge in [0.2, 0.25) is 21.8 Å². The number of hydrogen-bond donors (Lipinski definition) is 1. The highest BCUT2D eigenvalue weighted by Gasteiger charge is 2.40. The van der Waals surface area contributed by atoms with Crippen molar-refractivity contribution in [1.29, 1.82) is 0 Å². The van der Waals surface area contributed by atoms with Crippen LogP contribution in [0.3, 0.4) is 0 Å². The summed E-state index contributed by atoms with van der Waals surface area (Å²) in [6.45, 7) is 0.533. The fourth-order valence-corrected chi connectivity index (χ4v) is 4.90. The first-order valence-electron chi connectivity index (χ1n) is 8.30. The Kier molecular flexibility index (Phi) is 5.82. The van der Waals surface area contributed by atoms with Crippen LogP contribution in [0.4, 0.5) is 9.18 Å². The number of rotatable bonds is 6. The van der Waals surface area contributed by atoms with Crippen LogP contribution in [0.15, 0.2) is 29.2 Å². The number of nitrogens with one attached hydrogen (secondary N) is 1. The third kappa shape index (κ3) is 4.47. The van der Waals surface area contributed by atoms with Crippen molar-refractivity contribution in [3.05, 3.63) is 30.1 Å². The topological polar surface area (TPSA) is 104 Å². The molecule has 0 spiro atoms. The fraction of sp³-hybridized carbons (Fsp3) is 0.438. The average Bonchev–Trinajstić information content (AvgIpc) is 3.21. The monoisotopic (exact) mass is 415 g/mol. The van der Waals surface area contributed by atoms with Crippen LogP contribution >= 0.6 is 11.8 Å². The van der Waals surface area contributed by atoms with E-state index < -0.39 is 15.8 Å². The molecule has 0 saturated carbocycles. The van der Waals surface area contributed by atoms with E-state index in [1.165, 1.54) is 21.9 Å². The van der Waals surface area contributed by atoms with Gasteiger partial charge in [0, 0.05) is 26.1 Å². The van der Waals surface area contributed by atoms with Gasteiger partial charge in [-0.15, -0.1) is 0 Å². The van der Waals surface area contributed by atoms with Crippen molar-refractivity contribution in [3.8, 4) is 0 Å². The average molecular weight is 415 g/mol. The molecule has 1 atom stereocenters. The van der Waals surface area contributed by atoms with Gasteiger partial charge in [0.15, 0.2) is 0 Å². The second-order valence-corrected chi connectivity index (χ2v) is 8.90. The summed E-state index contributed by atoms with van der Waals surface area (Å²) in [6.07, 6.45) is 0.441. The van der Waals surface area contributed by atoms with Crippen LogP contribution in [0, 0.1) is 5.82 Å². The Morgan fingerprint density at radius 3 is 2.78 bits per heavy atom. The maximum absolute atomic E-state index is 13.2. The highest BCUT2D eigenvalue weighted by Crippen LogP contribution is 2.26. The predicted octanol–water partition coefficient (Wildman–Crippen LogP) is 0.790. The van der Waals surface area contributed by atoms with E-state index in [9.17, 15) is 27.2 Å². The highest BCUT2D eigenvalue weighted by molar-refractivity contribution is 8.14. The molecule has 0 radical (unpaired) electrons. The molecule has 2 fully saturated rings. The molecule has 8 nitrogen and oxygen atoms in total. The summed E-state index contributed by atoms with van der Waals surface area (Å²) >= 11 is 0.956. The molecule has 11 heteroatoms. The minimum atomic E-state index is -3.90. The molecule has 0 bridgehead atoms. The minimum Gasteiger partial charge on any atom is -0.340 e. The number of carbonyl (C=O) groups excluding carboxylic acids is 3. The van der Waals surface area contributed by atoms with Gasteiger partial charge in [-0.05, 0) is 24.6 Å². The molecule has 3 rings (SSSR count). The van der Waals surface area contributed by atoms with Crippen molar-refractivity contribution in [2.45, 2.75) is 23.8 Å². The zero-order valence-corrected chi connectivity index (χ0v) is 15.9. The number of benzene rings is 1. The van der Waals surface area contributed by atoms with E-state index in [0.29, 0.717) is 13.0 Å². The molecular weight excluding hydrogens is 397 g/mol. The summed E-state index contributed by atoms with van der Waals surface area (Å²) in [6, 6.07) is 4.27. The van der Waals surface area contributed by atoms with E-state index in [0.717, 1.165) is 23.9 Å². The lowest BCUT2D eigenvalue weighted by Gasteiger charge is -2.22. The summed E-state index contributed by atoms with van der Waals surface area (Å²) in [5.41, 5.74) is 0. The molecule has 0 unspecified atom stereocenters. The Morgan fingerprint density at radius 2 is 2.11 bits per heavy atom. The Labute approximate surface area is 160 Å². The molecule has 2 aliphatic heterocycles. The zero-order chi connectivity index (χ0) is 19.6. The van der Waals surface area contributed by atoms with Crippen LogP contribution in [0.1, 0.15) is 12.8 Å². The van der Waals surface area contributed by atoms with Gasteiger partial charge >= 0.3 is 0 Å². The number of likely N-dealkylation sites (tertiary alicyclic amines) is 1. The minimum absolute atomic E-state index is 0.0715. The van der Waals surface area contributed by atoms with E-state index in [2.05, 4.69) is 4.72 Å². The van der Waals surface area contributed by atoms with Crippen LogP contribution in [-0.4, -0.2) is 66.7 Å². The zero-order valence-electron chi connectivity index (χ0n) is 14.3. The van der Waals surface area contributed by atoms with Crippen molar-refractivity contribution in [2.75, 3.05) is 25.4 Å². The quantitative estimate of drug-likeness (QED) is 0.737. The van der Waals surface area contributed by atoms with E-state index in [1.807, 2.05) is 0 Å². The van der Waals surface area contributed by atoms with Gasteiger partial charge in [-0.3, -0.25) is 19.3 Å². The number of imide groups is 1. The molecule has 3 amide bonds. The lowest BCUT2D eigenvalue weighted by molar-refractivity contribution is -0.131. The molecule has 2 aliphatic rings. The Balaban J connectivity index is 1.50. The third-order valence-corrected chi connectivity index (χ3v) is 6.70. The highest BCUT2D eigenvalue weighted by atomic mass is 32.2. The summed E-state index contributed by atoms with van der Waals surface area (Å²) in [5.74, 6) is -1.05. The van der Waals surface area contributed by atoms with Crippen LogP contribution < -0.4 is 4.72 Å². The van der Waals surface area contributed by atoms with Gasteiger partial charge < -0.3 is 4.90 Å². The molecule has 2 heterocycles. The summed E-state index contributed by atoms with van der Waals surface area (Å²) in [7, 11) is -3.90. The Morgan fingerprint density at radius 1 is 1.33 bits per heavy atom. The van der Waals surface area contributed by atoms with Crippen LogP contribution in [0.5, 0.6) is 0 Å². The number of halogens is 1. The summed E-state index contributed by atoms with van der Waals surface area (Å²) in [4.78, 5) is 38.3. The van der Waals surface area contributed by atoms with E-state index >= 15 is 0 Å². The normalized spacial score (nSPS) is 20.6. The van der Waals surface area contributed by atoms with Gasteiger partial charge in [-0.25, -0.2) is 17.5 Å². The first-order valence-corrected chi connectivity index (χ1v) is 10.8. The molecule has 0 aromatic heterocycles. The SMILES string of the molecule is O=C(CCNS(=O)(=O)c1cccc(F)c1)N1CC[C@H](N2C(=O)CSC2=O)C1. The summed E-state index contributed by atoms with van der Waals surface area (Å²) < 4.78 is 39.6. The third-order valence-electron chi connectivity index (χ3n) is 4.40. The maximum atomic E-state index is 13.2. The predicted molar refractivity (Wildman–Crippen MR) is 95.9 cm³/mol. The number of thioether (sulfide) groups is 1. The molecule has 1 aromatic rings. The van der Waals surface area contributed by atoms with Gasteiger partial charge in [0.25, 0.3) is 5.24 Å². The number of amides is 3. The van der Waals surface area contributed by atoms with Gasteiger partial charge in [0.1, 0.15) is 5.82 Å². The number of sulfonamides is 1. The molecule has 146 valence electrons. The molecule has 1 aromatic carbocycles. The van der Waals surface area contributed by atoms with Crippen LogP contribution in [-0.2, 0) is 19.6 Å². The lowest BCUT2D eigenvalue weighted by Crippen LogP contribution is -2.42. The van der Waals surface area contributed by atoms with Crippen molar-refractivity contribution in [2.24, 2.45) is 0 Å². The maximum Gasteiger partial charge on any atom is 0.289 e. The fourth-order valence-electron chi connectivity index (χ4n) is 3.06. The van der Waals surface area contributed by atoms with E-state index in [-0.39, 0.29) is 53.3 Å². The Hall–Kier alpha value is -1.98.